The molecule has 1 aliphatic rings. The van der Waals surface area contributed by atoms with Crippen molar-refractivity contribution in [1.29, 1.82) is 0 Å². The van der Waals surface area contributed by atoms with Crippen LogP contribution in [0.25, 0.3) is 0 Å². The fraction of sp³-hybridized carbons (Fsp3) is 0.533. The minimum absolute atomic E-state index is 0.320. The van der Waals surface area contributed by atoms with E-state index in [1.807, 2.05) is 12.1 Å². The second-order valence-electron chi connectivity index (χ2n) is 5.47. The van der Waals surface area contributed by atoms with Crippen LogP contribution >= 0.6 is 15.9 Å². The lowest BCUT2D eigenvalue weighted by Gasteiger charge is -2.38. The van der Waals surface area contributed by atoms with E-state index in [4.69, 9.17) is 4.74 Å². The van der Waals surface area contributed by atoms with Gasteiger partial charge in [0.25, 0.3) is 0 Å². The molecule has 0 bridgehead atoms. The maximum atomic E-state index is 11.6. The van der Waals surface area contributed by atoms with E-state index in [1.165, 1.54) is 0 Å². The van der Waals surface area contributed by atoms with Gasteiger partial charge in [-0.25, -0.2) is 0 Å². The Kier molecular flexibility index (Phi) is 3.90. The molecule has 0 saturated heterocycles. The number of carboxylic acid groups (broad SMARTS) is 1. The van der Waals surface area contributed by atoms with Crippen LogP contribution < -0.4 is 4.74 Å². The van der Waals surface area contributed by atoms with Gasteiger partial charge in [0.2, 0.25) is 0 Å². The Hall–Kier alpha value is -1.03. The van der Waals surface area contributed by atoms with Crippen LogP contribution in [-0.2, 0) is 10.2 Å². The molecular weight excluding hydrogens is 308 g/mol. The molecular formula is C15H19BrO3. The number of hydrogen-bond donors (Lipinski definition) is 1. The van der Waals surface area contributed by atoms with Gasteiger partial charge in [0, 0.05) is 10.0 Å². The zero-order chi connectivity index (χ0) is 14.2. The summed E-state index contributed by atoms with van der Waals surface area (Å²) in [6.07, 6.45) is 2.38. The summed E-state index contributed by atoms with van der Waals surface area (Å²) in [5, 5.41) is 9.51. The van der Waals surface area contributed by atoms with Gasteiger partial charge in [-0.1, -0.05) is 36.2 Å². The standard InChI is InChI=1S/C15H19BrO3/c1-9(2)13-11(16)7-10(8-12(13)19-3)15(14(17)18)5-4-6-15/h7-9H,4-6H2,1-3H3,(H,17,18). The molecule has 2 rings (SSSR count). The van der Waals surface area contributed by atoms with Gasteiger partial charge in [-0.15, -0.1) is 0 Å². The fourth-order valence-electron chi connectivity index (χ4n) is 2.75. The molecule has 0 atom stereocenters. The number of methoxy groups -OCH3 is 1. The molecule has 0 amide bonds. The van der Waals surface area contributed by atoms with Gasteiger partial charge >= 0.3 is 5.97 Å². The Morgan fingerprint density at radius 1 is 1.42 bits per heavy atom. The van der Waals surface area contributed by atoms with E-state index in [0.29, 0.717) is 18.8 Å². The van der Waals surface area contributed by atoms with Crippen LogP contribution in [0.15, 0.2) is 16.6 Å². The fourth-order valence-corrected chi connectivity index (χ4v) is 3.65. The summed E-state index contributed by atoms with van der Waals surface area (Å²) in [5.74, 6) is 0.359. The zero-order valence-corrected chi connectivity index (χ0v) is 13.1. The summed E-state index contributed by atoms with van der Waals surface area (Å²) in [4.78, 5) is 11.6. The molecule has 1 N–H and O–H groups in total. The largest absolute Gasteiger partial charge is 0.496 e. The molecule has 0 aromatic heterocycles. The highest BCUT2D eigenvalue weighted by Gasteiger charge is 2.46. The van der Waals surface area contributed by atoms with E-state index in [0.717, 1.165) is 27.8 Å². The Morgan fingerprint density at radius 3 is 2.42 bits per heavy atom. The van der Waals surface area contributed by atoms with Crippen molar-refractivity contribution in [2.24, 2.45) is 0 Å². The number of aliphatic carboxylic acids is 1. The normalized spacial score (nSPS) is 17.1. The Morgan fingerprint density at radius 2 is 2.05 bits per heavy atom. The number of hydrogen-bond acceptors (Lipinski definition) is 2. The van der Waals surface area contributed by atoms with Crippen LogP contribution in [0.1, 0.15) is 50.2 Å². The second kappa shape index (κ2) is 5.16. The van der Waals surface area contributed by atoms with Crippen molar-refractivity contribution in [1.82, 2.24) is 0 Å². The number of carbonyl (C=O) groups is 1. The quantitative estimate of drug-likeness (QED) is 0.906. The Balaban J connectivity index is 2.55. The van der Waals surface area contributed by atoms with Crippen molar-refractivity contribution in [3.05, 3.63) is 27.7 Å². The predicted molar refractivity (Wildman–Crippen MR) is 77.9 cm³/mol. The molecule has 0 heterocycles. The monoisotopic (exact) mass is 326 g/mol. The molecule has 0 unspecified atom stereocenters. The molecule has 0 spiro atoms. The van der Waals surface area contributed by atoms with E-state index in [9.17, 15) is 9.90 Å². The van der Waals surface area contributed by atoms with E-state index in [1.54, 1.807) is 7.11 Å². The van der Waals surface area contributed by atoms with Gasteiger partial charge in [-0.05, 0) is 36.5 Å². The van der Waals surface area contributed by atoms with Gasteiger partial charge in [0.1, 0.15) is 5.75 Å². The number of rotatable bonds is 4. The topological polar surface area (TPSA) is 46.5 Å². The van der Waals surface area contributed by atoms with Crippen molar-refractivity contribution >= 4 is 21.9 Å². The maximum absolute atomic E-state index is 11.6. The van der Waals surface area contributed by atoms with Crippen molar-refractivity contribution in [3.8, 4) is 5.75 Å². The van der Waals surface area contributed by atoms with Gasteiger partial charge in [-0.3, -0.25) is 4.79 Å². The molecule has 3 nitrogen and oxygen atoms in total. The molecule has 1 aromatic rings. The zero-order valence-electron chi connectivity index (χ0n) is 11.5. The summed E-state index contributed by atoms with van der Waals surface area (Å²) in [6.45, 7) is 4.19. The first-order chi connectivity index (χ1) is 8.92. The van der Waals surface area contributed by atoms with E-state index < -0.39 is 11.4 Å². The van der Waals surface area contributed by atoms with Gasteiger partial charge < -0.3 is 9.84 Å². The number of carboxylic acids is 1. The molecule has 19 heavy (non-hydrogen) atoms. The summed E-state index contributed by atoms with van der Waals surface area (Å²) in [6, 6.07) is 3.85. The molecule has 0 aliphatic heterocycles. The molecule has 4 heteroatoms. The van der Waals surface area contributed by atoms with Gasteiger partial charge in [0.15, 0.2) is 0 Å². The maximum Gasteiger partial charge on any atom is 0.314 e. The minimum atomic E-state index is -0.731. The number of benzene rings is 1. The van der Waals surface area contributed by atoms with Crippen molar-refractivity contribution < 1.29 is 14.6 Å². The third kappa shape index (κ3) is 2.27. The molecule has 104 valence electrons. The summed E-state index contributed by atoms with van der Waals surface area (Å²) in [7, 11) is 1.63. The Bertz CT molecular complexity index is 504. The molecule has 1 aromatic carbocycles. The molecule has 1 saturated carbocycles. The Labute approximate surface area is 122 Å². The highest BCUT2D eigenvalue weighted by atomic mass is 79.9. The summed E-state index contributed by atoms with van der Waals surface area (Å²) < 4.78 is 6.38. The van der Waals surface area contributed by atoms with Crippen LogP contribution in [0.2, 0.25) is 0 Å². The third-order valence-electron chi connectivity index (χ3n) is 4.06. The van der Waals surface area contributed by atoms with Crippen molar-refractivity contribution in [2.75, 3.05) is 7.11 Å². The van der Waals surface area contributed by atoms with E-state index in [-0.39, 0.29) is 0 Å². The smallest absolute Gasteiger partial charge is 0.314 e. The molecule has 1 aliphatic carbocycles. The van der Waals surface area contributed by atoms with Gasteiger partial charge in [0.05, 0.1) is 12.5 Å². The number of halogens is 1. The van der Waals surface area contributed by atoms with Crippen LogP contribution in [0.3, 0.4) is 0 Å². The average Bonchev–Trinajstić information content (AvgIpc) is 2.25. The van der Waals surface area contributed by atoms with Crippen molar-refractivity contribution in [3.63, 3.8) is 0 Å². The van der Waals surface area contributed by atoms with Crippen LogP contribution in [0.5, 0.6) is 5.75 Å². The summed E-state index contributed by atoms with van der Waals surface area (Å²) >= 11 is 3.56. The van der Waals surface area contributed by atoms with E-state index in [2.05, 4.69) is 29.8 Å². The SMILES string of the molecule is COc1cc(C2(C(=O)O)CCC2)cc(Br)c1C(C)C. The lowest BCUT2D eigenvalue weighted by molar-refractivity contribution is -0.147. The lowest BCUT2D eigenvalue weighted by Crippen LogP contribution is -2.42. The first-order valence-electron chi connectivity index (χ1n) is 6.53. The lowest BCUT2D eigenvalue weighted by atomic mass is 9.64. The first-order valence-corrected chi connectivity index (χ1v) is 7.33. The predicted octanol–water partition coefficient (Wildman–Crippen LogP) is 4.09. The minimum Gasteiger partial charge on any atom is -0.496 e. The first kappa shape index (κ1) is 14.4. The van der Waals surface area contributed by atoms with Crippen LogP contribution in [-0.4, -0.2) is 18.2 Å². The molecule has 1 fully saturated rings. The summed E-state index contributed by atoms with van der Waals surface area (Å²) in [5.41, 5.74) is 1.22. The van der Waals surface area contributed by atoms with Crippen molar-refractivity contribution in [2.45, 2.75) is 44.4 Å². The molecule has 0 radical (unpaired) electrons. The number of ether oxygens (including phenoxy) is 1. The second-order valence-corrected chi connectivity index (χ2v) is 6.32. The van der Waals surface area contributed by atoms with Gasteiger partial charge in [-0.2, -0.15) is 0 Å². The third-order valence-corrected chi connectivity index (χ3v) is 4.71. The van der Waals surface area contributed by atoms with Crippen LogP contribution in [0.4, 0.5) is 0 Å². The highest BCUT2D eigenvalue weighted by Crippen LogP contribution is 2.47. The van der Waals surface area contributed by atoms with E-state index >= 15 is 0 Å². The average molecular weight is 327 g/mol. The highest BCUT2D eigenvalue weighted by molar-refractivity contribution is 9.10. The van der Waals surface area contributed by atoms with Crippen LogP contribution in [0, 0.1) is 0 Å².